The maximum absolute atomic E-state index is 12.0. The van der Waals surface area contributed by atoms with Gasteiger partial charge in [0.05, 0.1) is 0 Å². The van der Waals surface area contributed by atoms with Gasteiger partial charge in [-0.2, -0.15) is 0 Å². The van der Waals surface area contributed by atoms with Crippen LogP contribution in [0.3, 0.4) is 0 Å². The Kier molecular flexibility index (Phi) is 3.48. The lowest BCUT2D eigenvalue weighted by molar-refractivity contribution is -0.131. The second-order valence-electron chi connectivity index (χ2n) is 4.34. The van der Waals surface area contributed by atoms with Crippen LogP contribution in [0, 0.1) is 0 Å². The molecule has 1 atom stereocenters. The Morgan fingerprint density at radius 3 is 2.61 bits per heavy atom. The third kappa shape index (κ3) is 2.57. The maximum atomic E-state index is 12.0. The summed E-state index contributed by atoms with van der Waals surface area (Å²) in [6.07, 6.45) is 0. The molecule has 0 aliphatic carbocycles. The van der Waals surface area contributed by atoms with Gasteiger partial charge in [-0.25, -0.2) is 13.6 Å². The summed E-state index contributed by atoms with van der Waals surface area (Å²) in [6, 6.07) is 5.76. The first kappa shape index (κ1) is 13.5. The Labute approximate surface area is 114 Å². The van der Waals surface area contributed by atoms with E-state index in [1.807, 2.05) is 18.2 Å². The van der Waals surface area contributed by atoms with Crippen LogP contribution in [0.15, 0.2) is 22.7 Å². The van der Waals surface area contributed by atoms with E-state index >= 15 is 0 Å². The van der Waals surface area contributed by atoms with Gasteiger partial charge in [0.2, 0.25) is 15.9 Å². The lowest BCUT2D eigenvalue weighted by Gasteiger charge is -2.18. The van der Waals surface area contributed by atoms with Crippen molar-refractivity contribution in [2.75, 3.05) is 0 Å². The SMILES string of the molecule is C[C@@H](C(=O)N1Cc2ccc(Br)cc2C1)S(N)(=O)=O. The van der Waals surface area contributed by atoms with Crippen LogP contribution in [0.2, 0.25) is 0 Å². The largest absolute Gasteiger partial charge is 0.333 e. The molecule has 1 aromatic carbocycles. The molecule has 1 aromatic rings. The summed E-state index contributed by atoms with van der Waals surface area (Å²) >= 11 is 3.36. The number of nitrogens with two attached hydrogens (primary N) is 1. The smallest absolute Gasteiger partial charge is 0.242 e. The van der Waals surface area contributed by atoms with E-state index in [0.717, 1.165) is 15.6 Å². The molecular formula is C11H13BrN2O3S. The van der Waals surface area contributed by atoms with Gasteiger partial charge in [-0.15, -0.1) is 0 Å². The second kappa shape index (κ2) is 4.64. The summed E-state index contributed by atoms with van der Waals surface area (Å²) in [5.74, 6) is -0.454. The number of amides is 1. The van der Waals surface area contributed by atoms with Crippen LogP contribution >= 0.6 is 15.9 Å². The van der Waals surface area contributed by atoms with Gasteiger partial charge in [-0.05, 0) is 30.2 Å². The molecule has 18 heavy (non-hydrogen) atoms. The molecule has 0 saturated carbocycles. The third-order valence-corrected chi connectivity index (χ3v) is 4.72. The minimum Gasteiger partial charge on any atom is -0.333 e. The molecule has 7 heteroatoms. The van der Waals surface area contributed by atoms with Crippen LogP contribution in [0.1, 0.15) is 18.1 Å². The first-order valence-corrected chi connectivity index (χ1v) is 7.77. The Bertz CT molecular complexity index is 600. The van der Waals surface area contributed by atoms with Gasteiger partial charge in [0, 0.05) is 17.6 Å². The maximum Gasteiger partial charge on any atom is 0.242 e. The highest BCUT2D eigenvalue weighted by molar-refractivity contribution is 9.10. The Hall–Kier alpha value is -0.920. The van der Waals surface area contributed by atoms with Crippen molar-refractivity contribution in [3.63, 3.8) is 0 Å². The number of hydrogen-bond acceptors (Lipinski definition) is 3. The molecule has 98 valence electrons. The summed E-state index contributed by atoms with van der Waals surface area (Å²) in [4.78, 5) is 13.5. The molecule has 1 aliphatic rings. The molecule has 0 spiro atoms. The number of rotatable bonds is 2. The molecule has 0 fully saturated rings. The fraction of sp³-hybridized carbons (Fsp3) is 0.364. The fourth-order valence-electron chi connectivity index (χ4n) is 1.92. The van der Waals surface area contributed by atoms with E-state index in [2.05, 4.69) is 15.9 Å². The molecule has 0 bridgehead atoms. The molecule has 1 amide bonds. The van der Waals surface area contributed by atoms with E-state index in [1.165, 1.54) is 11.8 Å². The molecule has 2 N–H and O–H groups in total. The number of primary sulfonamides is 1. The number of carbonyl (C=O) groups is 1. The van der Waals surface area contributed by atoms with Crippen LogP contribution in [0.4, 0.5) is 0 Å². The quantitative estimate of drug-likeness (QED) is 0.876. The van der Waals surface area contributed by atoms with E-state index in [0.29, 0.717) is 13.1 Å². The van der Waals surface area contributed by atoms with Gasteiger partial charge in [-0.3, -0.25) is 4.79 Å². The zero-order chi connectivity index (χ0) is 13.5. The molecule has 2 rings (SSSR count). The van der Waals surface area contributed by atoms with Crippen molar-refractivity contribution < 1.29 is 13.2 Å². The Balaban J connectivity index is 2.19. The molecule has 0 aromatic heterocycles. The van der Waals surface area contributed by atoms with E-state index in [1.54, 1.807) is 0 Å². The van der Waals surface area contributed by atoms with Crippen LogP contribution in [0.25, 0.3) is 0 Å². The number of hydrogen-bond donors (Lipinski definition) is 1. The van der Waals surface area contributed by atoms with E-state index in [9.17, 15) is 13.2 Å². The fourth-order valence-corrected chi connectivity index (χ4v) is 2.76. The van der Waals surface area contributed by atoms with Gasteiger partial charge >= 0.3 is 0 Å². The monoisotopic (exact) mass is 332 g/mol. The van der Waals surface area contributed by atoms with E-state index in [-0.39, 0.29) is 0 Å². The van der Waals surface area contributed by atoms with Gasteiger partial charge in [0.1, 0.15) is 0 Å². The molecule has 5 nitrogen and oxygen atoms in total. The van der Waals surface area contributed by atoms with Crippen molar-refractivity contribution in [2.24, 2.45) is 5.14 Å². The highest BCUT2D eigenvalue weighted by atomic mass is 79.9. The van der Waals surface area contributed by atoms with Crippen LogP contribution in [-0.2, 0) is 27.9 Å². The zero-order valence-corrected chi connectivity index (χ0v) is 12.2. The van der Waals surface area contributed by atoms with Crippen LogP contribution in [-0.4, -0.2) is 24.5 Å². The first-order chi connectivity index (χ1) is 8.29. The summed E-state index contributed by atoms with van der Waals surface area (Å²) in [5.41, 5.74) is 2.06. The minimum absolute atomic E-state index is 0.424. The standard InChI is InChI=1S/C11H13BrN2O3S/c1-7(18(13,16)17)11(15)14-5-8-2-3-10(12)4-9(8)6-14/h2-4,7H,5-6H2,1H3,(H2,13,16,17)/t7-/m0/s1. The molecule has 0 unspecified atom stereocenters. The van der Waals surface area contributed by atoms with Crippen molar-refractivity contribution in [1.82, 2.24) is 4.90 Å². The van der Waals surface area contributed by atoms with Crippen LogP contribution < -0.4 is 5.14 Å². The van der Waals surface area contributed by atoms with E-state index in [4.69, 9.17) is 5.14 Å². The van der Waals surface area contributed by atoms with Gasteiger partial charge in [0.15, 0.2) is 5.25 Å². The van der Waals surface area contributed by atoms with Crippen molar-refractivity contribution in [2.45, 2.75) is 25.3 Å². The minimum atomic E-state index is -3.84. The molecule has 0 saturated heterocycles. The second-order valence-corrected chi connectivity index (χ2v) is 7.14. The summed E-state index contributed by atoms with van der Waals surface area (Å²) in [6.45, 7) is 2.17. The molecule has 0 radical (unpaired) electrons. The number of fused-ring (bicyclic) bond motifs is 1. The predicted molar refractivity (Wildman–Crippen MR) is 71.0 cm³/mol. The van der Waals surface area contributed by atoms with E-state index < -0.39 is 21.2 Å². The van der Waals surface area contributed by atoms with Crippen molar-refractivity contribution in [3.8, 4) is 0 Å². The normalized spacial score (nSPS) is 16.5. The highest BCUT2D eigenvalue weighted by Gasteiger charge is 2.32. The number of halogens is 1. The number of nitrogens with zero attached hydrogens (tertiary/aromatic N) is 1. The highest BCUT2D eigenvalue weighted by Crippen LogP contribution is 2.26. The number of carbonyl (C=O) groups excluding carboxylic acids is 1. The topological polar surface area (TPSA) is 80.5 Å². The molecule has 1 aliphatic heterocycles. The average molecular weight is 333 g/mol. The lowest BCUT2D eigenvalue weighted by Crippen LogP contribution is -2.41. The summed E-state index contributed by atoms with van der Waals surface area (Å²) < 4.78 is 23.3. The first-order valence-electron chi connectivity index (χ1n) is 5.37. The Morgan fingerprint density at radius 2 is 2.00 bits per heavy atom. The van der Waals surface area contributed by atoms with Crippen LogP contribution in [0.5, 0.6) is 0 Å². The van der Waals surface area contributed by atoms with Gasteiger partial charge in [0.25, 0.3) is 0 Å². The Morgan fingerprint density at radius 1 is 1.39 bits per heavy atom. The molecule has 1 heterocycles. The third-order valence-electron chi connectivity index (χ3n) is 3.04. The predicted octanol–water partition coefficient (Wildman–Crippen LogP) is 0.968. The lowest BCUT2D eigenvalue weighted by atomic mass is 10.1. The van der Waals surface area contributed by atoms with Crippen molar-refractivity contribution in [1.29, 1.82) is 0 Å². The number of benzene rings is 1. The average Bonchev–Trinajstić information content (AvgIpc) is 2.68. The van der Waals surface area contributed by atoms with Crippen molar-refractivity contribution >= 4 is 31.9 Å². The molecular weight excluding hydrogens is 320 g/mol. The van der Waals surface area contributed by atoms with Crippen molar-refractivity contribution in [3.05, 3.63) is 33.8 Å². The summed E-state index contributed by atoms with van der Waals surface area (Å²) in [7, 11) is -3.84. The van der Waals surface area contributed by atoms with Gasteiger partial charge < -0.3 is 4.90 Å². The summed E-state index contributed by atoms with van der Waals surface area (Å²) in [5, 5.41) is 3.80. The van der Waals surface area contributed by atoms with Gasteiger partial charge in [-0.1, -0.05) is 22.0 Å². The number of sulfonamides is 1. The zero-order valence-electron chi connectivity index (χ0n) is 9.76.